The Balaban J connectivity index is 2.16. The predicted molar refractivity (Wildman–Crippen MR) is 75.5 cm³/mol. The molecule has 6 heteroatoms. The Labute approximate surface area is 122 Å². The molecule has 6 nitrogen and oxygen atoms in total. The lowest BCUT2D eigenvalue weighted by molar-refractivity contribution is -0.148. The average Bonchev–Trinajstić information content (AvgIpc) is 2.81. The zero-order valence-electron chi connectivity index (χ0n) is 12.0. The van der Waals surface area contributed by atoms with Crippen LogP contribution in [0.4, 0.5) is 0 Å². The van der Waals surface area contributed by atoms with Crippen molar-refractivity contribution in [2.24, 2.45) is 5.41 Å². The van der Waals surface area contributed by atoms with Gasteiger partial charge in [0.15, 0.2) is 0 Å². The number of amides is 1. The largest absolute Gasteiger partial charge is 0.507 e. The summed E-state index contributed by atoms with van der Waals surface area (Å²) in [6.45, 7) is 1.64. The summed E-state index contributed by atoms with van der Waals surface area (Å²) >= 11 is 0. The molecule has 1 amide bonds. The monoisotopic (exact) mass is 293 g/mol. The number of carboxylic acid groups (broad SMARTS) is 1. The Morgan fingerprint density at radius 3 is 2.71 bits per heavy atom. The van der Waals surface area contributed by atoms with Crippen LogP contribution < -0.4 is 10.1 Å². The van der Waals surface area contributed by atoms with Crippen molar-refractivity contribution in [1.82, 2.24) is 5.32 Å². The van der Waals surface area contributed by atoms with Crippen molar-refractivity contribution in [3.63, 3.8) is 0 Å². The number of rotatable bonds is 4. The second-order valence-corrected chi connectivity index (χ2v) is 5.52. The molecular weight excluding hydrogens is 274 g/mol. The van der Waals surface area contributed by atoms with E-state index in [0.29, 0.717) is 18.6 Å². The van der Waals surface area contributed by atoms with Crippen LogP contribution in [0.5, 0.6) is 11.5 Å². The van der Waals surface area contributed by atoms with Gasteiger partial charge in [0.25, 0.3) is 5.91 Å². The van der Waals surface area contributed by atoms with E-state index in [4.69, 9.17) is 4.74 Å². The number of carboxylic acids is 1. The molecule has 0 aromatic heterocycles. The van der Waals surface area contributed by atoms with Crippen molar-refractivity contribution >= 4 is 11.9 Å². The molecule has 1 aliphatic carbocycles. The Kier molecular flexibility index (Phi) is 4.06. The number of ether oxygens (including phenoxy) is 1. The third kappa shape index (κ3) is 2.79. The van der Waals surface area contributed by atoms with Crippen LogP contribution in [-0.2, 0) is 4.79 Å². The van der Waals surface area contributed by atoms with Gasteiger partial charge < -0.3 is 20.3 Å². The van der Waals surface area contributed by atoms with Crippen molar-refractivity contribution in [2.45, 2.75) is 32.2 Å². The van der Waals surface area contributed by atoms with E-state index in [-0.39, 0.29) is 11.3 Å². The molecule has 21 heavy (non-hydrogen) atoms. The van der Waals surface area contributed by atoms with Gasteiger partial charge in [-0.2, -0.15) is 0 Å². The molecule has 2 rings (SSSR count). The van der Waals surface area contributed by atoms with Crippen LogP contribution in [0.3, 0.4) is 0 Å². The minimum absolute atomic E-state index is 0.107. The third-order valence-electron chi connectivity index (χ3n) is 4.20. The fourth-order valence-electron chi connectivity index (χ4n) is 2.72. The van der Waals surface area contributed by atoms with Gasteiger partial charge in [0.2, 0.25) is 0 Å². The van der Waals surface area contributed by atoms with Gasteiger partial charge >= 0.3 is 5.97 Å². The van der Waals surface area contributed by atoms with E-state index in [9.17, 15) is 19.8 Å². The first-order valence-corrected chi connectivity index (χ1v) is 6.80. The first-order chi connectivity index (χ1) is 9.88. The van der Waals surface area contributed by atoms with Gasteiger partial charge in [0.05, 0.1) is 18.1 Å². The first kappa shape index (κ1) is 15.2. The minimum atomic E-state index is -0.961. The van der Waals surface area contributed by atoms with Crippen molar-refractivity contribution in [3.05, 3.63) is 23.8 Å². The number of aliphatic carboxylic acids is 1. The highest BCUT2D eigenvalue weighted by Gasteiger charge is 2.46. The lowest BCUT2D eigenvalue weighted by Gasteiger charge is -2.27. The minimum Gasteiger partial charge on any atom is -0.507 e. The van der Waals surface area contributed by atoms with Crippen LogP contribution in [0.25, 0.3) is 0 Å². The highest BCUT2D eigenvalue weighted by molar-refractivity contribution is 5.97. The number of hydrogen-bond donors (Lipinski definition) is 3. The number of aromatic hydroxyl groups is 1. The number of carbonyl (C=O) groups excluding carboxylic acids is 1. The summed E-state index contributed by atoms with van der Waals surface area (Å²) in [5, 5.41) is 21.9. The Hall–Kier alpha value is -2.24. The maximum atomic E-state index is 12.2. The van der Waals surface area contributed by atoms with E-state index in [1.165, 1.54) is 19.2 Å². The predicted octanol–water partition coefficient (Wildman–Crippen LogP) is 1.77. The molecule has 0 spiro atoms. The number of nitrogens with one attached hydrogen (secondary N) is 1. The van der Waals surface area contributed by atoms with Gasteiger partial charge in [0.1, 0.15) is 11.5 Å². The number of phenols is 1. The summed E-state index contributed by atoms with van der Waals surface area (Å²) in [5.41, 5.74) is -0.854. The second-order valence-electron chi connectivity index (χ2n) is 5.52. The summed E-state index contributed by atoms with van der Waals surface area (Å²) in [6.07, 6.45) is 1.90. The normalized spacial score (nSPS) is 24.6. The number of benzene rings is 1. The van der Waals surface area contributed by atoms with Crippen molar-refractivity contribution < 1.29 is 24.5 Å². The molecule has 3 N–H and O–H groups in total. The van der Waals surface area contributed by atoms with Crippen LogP contribution in [-0.4, -0.2) is 35.2 Å². The van der Waals surface area contributed by atoms with E-state index >= 15 is 0 Å². The number of phenolic OH excluding ortho intramolecular Hbond substituents is 1. The van der Waals surface area contributed by atoms with Crippen LogP contribution in [0, 0.1) is 5.41 Å². The molecule has 1 aromatic carbocycles. The molecule has 0 heterocycles. The molecule has 0 aliphatic heterocycles. The molecule has 1 aliphatic rings. The summed E-state index contributed by atoms with van der Waals surface area (Å²) in [4.78, 5) is 23.6. The topological polar surface area (TPSA) is 95.9 Å². The fraction of sp³-hybridized carbons (Fsp3) is 0.467. The smallest absolute Gasteiger partial charge is 0.311 e. The van der Waals surface area contributed by atoms with E-state index < -0.39 is 23.3 Å². The zero-order chi connectivity index (χ0) is 15.6. The highest BCUT2D eigenvalue weighted by atomic mass is 16.5. The fourth-order valence-corrected chi connectivity index (χ4v) is 2.72. The maximum Gasteiger partial charge on any atom is 0.311 e. The lowest BCUT2D eigenvalue weighted by Crippen LogP contribution is -2.47. The summed E-state index contributed by atoms with van der Waals surface area (Å²) in [5.74, 6) is -1.14. The van der Waals surface area contributed by atoms with Crippen molar-refractivity contribution in [1.29, 1.82) is 0 Å². The van der Waals surface area contributed by atoms with E-state index in [1.54, 1.807) is 13.0 Å². The van der Waals surface area contributed by atoms with E-state index in [1.807, 2.05) is 0 Å². The standard InChI is InChI=1S/C15H19NO5/c1-15(14(19)20)7-3-4-12(15)16-13(18)10-6-5-9(21-2)8-11(10)17/h5-6,8,12,17H,3-4,7H2,1-2H3,(H,16,18)(H,19,20). The second kappa shape index (κ2) is 5.63. The zero-order valence-corrected chi connectivity index (χ0v) is 12.0. The average molecular weight is 293 g/mol. The summed E-state index contributed by atoms with van der Waals surface area (Å²) in [6, 6.07) is 3.93. The number of hydrogen-bond acceptors (Lipinski definition) is 4. The molecule has 114 valence electrons. The SMILES string of the molecule is COc1ccc(C(=O)NC2CCCC2(C)C(=O)O)c(O)c1. The highest BCUT2D eigenvalue weighted by Crippen LogP contribution is 2.38. The quantitative estimate of drug-likeness (QED) is 0.786. The van der Waals surface area contributed by atoms with E-state index in [0.717, 1.165) is 6.42 Å². The van der Waals surface area contributed by atoms with Gasteiger partial charge in [-0.25, -0.2) is 0 Å². The van der Waals surface area contributed by atoms with Crippen LogP contribution in [0.2, 0.25) is 0 Å². The summed E-state index contributed by atoms with van der Waals surface area (Å²) < 4.78 is 4.96. The molecule has 0 saturated heterocycles. The molecule has 2 atom stereocenters. The lowest BCUT2D eigenvalue weighted by atomic mass is 9.85. The number of carbonyl (C=O) groups is 2. The molecule has 1 saturated carbocycles. The Morgan fingerprint density at radius 1 is 1.43 bits per heavy atom. The van der Waals surface area contributed by atoms with Crippen molar-refractivity contribution in [2.75, 3.05) is 7.11 Å². The molecule has 0 radical (unpaired) electrons. The van der Waals surface area contributed by atoms with Crippen molar-refractivity contribution in [3.8, 4) is 11.5 Å². The van der Waals surface area contributed by atoms with Crippen LogP contribution in [0.1, 0.15) is 36.5 Å². The van der Waals surface area contributed by atoms with Gasteiger partial charge in [-0.3, -0.25) is 9.59 Å². The summed E-state index contributed by atoms with van der Waals surface area (Å²) in [7, 11) is 1.46. The molecule has 2 unspecified atom stereocenters. The molecule has 1 fully saturated rings. The van der Waals surface area contributed by atoms with Gasteiger partial charge in [-0.05, 0) is 31.9 Å². The molecule has 0 bridgehead atoms. The van der Waals surface area contributed by atoms with E-state index in [2.05, 4.69) is 5.32 Å². The Morgan fingerprint density at radius 2 is 2.14 bits per heavy atom. The molecular formula is C15H19NO5. The number of methoxy groups -OCH3 is 1. The van der Waals surface area contributed by atoms with Gasteiger partial charge in [0, 0.05) is 12.1 Å². The first-order valence-electron chi connectivity index (χ1n) is 6.80. The molecule has 1 aromatic rings. The van der Waals surface area contributed by atoms with Crippen LogP contribution >= 0.6 is 0 Å². The third-order valence-corrected chi connectivity index (χ3v) is 4.20. The van der Waals surface area contributed by atoms with Crippen LogP contribution in [0.15, 0.2) is 18.2 Å². The van der Waals surface area contributed by atoms with Gasteiger partial charge in [-0.1, -0.05) is 6.42 Å². The van der Waals surface area contributed by atoms with Gasteiger partial charge in [-0.15, -0.1) is 0 Å². The maximum absolute atomic E-state index is 12.2. The Bertz CT molecular complexity index is 571.